The van der Waals surface area contributed by atoms with E-state index in [-0.39, 0.29) is 22.1 Å². The molecule has 3 aliphatic rings. The largest absolute Gasteiger partial charge is 0.416 e. The molecule has 3 saturated heterocycles. The van der Waals surface area contributed by atoms with E-state index in [1.807, 2.05) is 19.1 Å². The van der Waals surface area contributed by atoms with Crippen LogP contribution in [0.5, 0.6) is 0 Å². The number of anilines is 1. The molecule has 0 radical (unpaired) electrons. The topological polar surface area (TPSA) is 33.2 Å². The Hall–Kier alpha value is -4.54. The second kappa shape index (κ2) is 28.1. The van der Waals surface area contributed by atoms with E-state index >= 15 is 0 Å². The van der Waals surface area contributed by atoms with Crippen LogP contribution >= 0.6 is 0 Å². The van der Waals surface area contributed by atoms with Gasteiger partial charge in [-0.05, 0) is 183 Å². The molecule has 1 N–H and O–H groups in total. The van der Waals surface area contributed by atoms with Crippen molar-refractivity contribution in [3.05, 3.63) is 172 Å². The monoisotopic (exact) mass is 1060 g/mol. The van der Waals surface area contributed by atoms with Crippen molar-refractivity contribution >= 4 is 5.69 Å². The third-order valence-corrected chi connectivity index (χ3v) is 16.3. The lowest BCUT2D eigenvalue weighted by Crippen LogP contribution is -2.51. The number of alkyl halides is 3. The van der Waals surface area contributed by atoms with E-state index in [0.29, 0.717) is 18.1 Å². The van der Waals surface area contributed by atoms with Crippen LogP contribution in [0, 0.1) is 12.7 Å². The highest BCUT2D eigenvalue weighted by Gasteiger charge is 2.35. The molecule has 0 spiro atoms. The van der Waals surface area contributed by atoms with Crippen LogP contribution in [0.3, 0.4) is 0 Å². The minimum absolute atomic E-state index is 0.0374. The maximum absolute atomic E-state index is 13.2. The van der Waals surface area contributed by atoms with Crippen molar-refractivity contribution in [1.29, 1.82) is 0 Å². The number of benzene rings is 4. The molecule has 9 heteroatoms. The van der Waals surface area contributed by atoms with Gasteiger partial charge in [-0.15, -0.1) is 0 Å². The number of nitrogens with zero attached hydrogens (tertiary/aromatic N) is 4. The first kappa shape index (κ1) is 63.3. The standard InChI is InChI=1S/C26H36N2.C21H30F3N.C21H32FNO/c1-21(2)19-25(20-26(4,5)23-13-11-22(3)12-14-23)28-17-15-27(16-18-28)24-9-7-6-8-10-24;1-16(2)14-19(25-12-6-5-7-13-25)15-20(3,4)17-8-10-18(11-9-17)21(22,23)24;1-16(2)14-19(23-12-10-21(5,24)11-13-23)15-20(3,4)17-6-8-18(22)9-7-17/h6-14,19,25H,15-18,20H2,1-5H3;8-11,14,19H,5-7,12-13,15H2,1-4H3;6-9,14,19,24H,10-13,15H2,1-5H3. The Bertz CT molecular complexity index is 2450. The van der Waals surface area contributed by atoms with Gasteiger partial charge < -0.3 is 10.0 Å². The predicted molar refractivity (Wildman–Crippen MR) is 319 cm³/mol. The molecular formula is C68H98F4N4O. The van der Waals surface area contributed by atoms with Crippen LogP contribution < -0.4 is 4.90 Å². The maximum Gasteiger partial charge on any atom is 0.416 e. The summed E-state index contributed by atoms with van der Waals surface area (Å²) in [6.45, 7) is 39.0. The Morgan fingerprint density at radius 1 is 0.494 bits per heavy atom. The van der Waals surface area contributed by atoms with Crippen molar-refractivity contribution in [2.45, 2.75) is 194 Å². The zero-order valence-corrected chi connectivity index (χ0v) is 49.8. The van der Waals surface area contributed by atoms with Crippen molar-refractivity contribution in [2.75, 3.05) is 57.3 Å². The van der Waals surface area contributed by atoms with Gasteiger partial charge in [-0.25, -0.2) is 4.39 Å². The lowest BCUT2D eigenvalue weighted by molar-refractivity contribution is -0.137. The molecule has 3 unspecified atom stereocenters. The number of piperidine rings is 2. The molecule has 0 bridgehead atoms. The van der Waals surface area contributed by atoms with Crippen LogP contribution in [0.25, 0.3) is 0 Å². The van der Waals surface area contributed by atoms with Crippen molar-refractivity contribution in [2.24, 2.45) is 0 Å². The fraction of sp³-hybridized carbons (Fsp3) is 0.559. The Labute approximate surface area is 464 Å². The molecule has 0 aromatic heterocycles. The molecule has 4 aromatic rings. The van der Waals surface area contributed by atoms with E-state index in [0.717, 1.165) is 90.0 Å². The quantitative estimate of drug-likeness (QED) is 0.0893. The molecule has 7 rings (SSSR count). The summed E-state index contributed by atoms with van der Waals surface area (Å²) in [5.74, 6) is -0.186. The number of allylic oxidation sites excluding steroid dienone is 3. The summed E-state index contributed by atoms with van der Waals surface area (Å²) in [4.78, 5) is 10.2. The highest BCUT2D eigenvalue weighted by Crippen LogP contribution is 2.37. The van der Waals surface area contributed by atoms with E-state index in [1.54, 1.807) is 24.3 Å². The first-order valence-electron chi connectivity index (χ1n) is 28.7. The SMILES string of the molecule is CC(C)=CC(CC(C)(C)c1ccc(C(F)(F)F)cc1)N1CCCCC1.CC(C)=CC(CC(C)(C)c1ccc(C)cc1)N1CCN(c2ccccc2)CC1.CC(C)=CC(CC(C)(C)c1ccc(F)cc1)N1CCC(C)(O)CC1. The number of halogens is 4. The number of hydrogen-bond acceptors (Lipinski definition) is 5. The van der Waals surface area contributed by atoms with Crippen molar-refractivity contribution in [1.82, 2.24) is 14.7 Å². The van der Waals surface area contributed by atoms with Crippen LogP contribution in [-0.2, 0) is 22.4 Å². The second-order valence-electron chi connectivity index (χ2n) is 25.6. The number of aryl methyl sites for hydroxylation is 1. The van der Waals surface area contributed by atoms with Crippen LogP contribution in [-0.4, -0.2) is 95.9 Å². The van der Waals surface area contributed by atoms with Gasteiger partial charge in [-0.2, -0.15) is 13.2 Å². The summed E-state index contributed by atoms with van der Waals surface area (Å²) in [5, 5.41) is 10.2. The molecule has 77 heavy (non-hydrogen) atoms. The molecule has 5 nitrogen and oxygen atoms in total. The van der Waals surface area contributed by atoms with Gasteiger partial charge in [0.25, 0.3) is 0 Å². The normalized spacial score (nSPS) is 18.1. The summed E-state index contributed by atoms with van der Waals surface area (Å²) in [6, 6.07) is 33.6. The van der Waals surface area contributed by atoms with Crippen LogP contribution in [0.1, 0.15) is 169 Å². The van der Waals surface area contributed by atoms with Gasteiger partial charge >= 0.3 is 6.18 Å². The number of para-hydroxylation sites is 1. The lowest BCUT2D eigenvalue weighted by atomic mass is 9.78. The highest BCUT2D eigenvalue weighted by molar-refractivity contribution is 5.46. The van der Waals surface area contributed by atoms with Gasteiger partial charge in [0.2, 0.25) is 0 Å². The number of aliphatic hydroxyl groups is 1. The summed E-state index contributed by atoms with van der Waals surface area (Å²) in [7, 11) is 0. The van der Waals surface area contributed by atoms with Crippen LogP contribution in [0.2, 0.25) is 0 Å². The number of rotatable bonds is 16. The summed E-state index contributed by atoms with van der Waals surface area (Å²) in [5.41, 5.74) is 9.09. The van der Waals surface area contributed by atoms with Crippen molar-refractivity contribution in [3.63, 3.8) is 0 Å². The fourth-order valence-electron chi connectivity index (χ4n) is 11.5. The molecule has 0 amide bonds. The van der Waals surface area contributed by atoms with E-state index in [4.69, 9.17) is 0 Å². The molecule has 3 heterocycles. The van der Waals surface area contributed by atoms with Gasteiger partial charge in [-0.3, -0.25) is 14.7 Å². The fourth-order valence-corrected chi connectivity index (χ4v) is 11.5. The van der Waals surface area contributed by atoms with Gasteiger partial charge in [0.05, 0.1) is 11.2 Å². The third kappa shape index (κ3) is 20.3. The van der Waals surface area contributed by atoms with Gasteiger partial charge in [0, 0.05) is 63.1 Å². The van der Waals surface area contributed by atoms with E-state index in [1.165, 1.54) is 70.5 Å². The average molecular weight is 1060 g/mol. The van der Waals surface area contributed by atoms with E-state index < -0.39 is 17.3 Å². The van der Waals surface area contributed by atoms with E-state index in [2.05, 4.69) is 182 Å². The molecule has 0 saturated carbocycles. The molecule has 424 valence electrons. The zero-order chi connectivity index (χ0) is 56.8. The smallest absolute Gasteiger partial charge is 0.390 e. The summed E-state index contributed by atoms with van der Waals surface area (Å²) >= 11 is 0. The summed E-state index contributed by atoms with van der Waals surface area (Å²) < 4.78 is 51.6. The minimum atomic E-state index is -4.28. The number of hydrogen-bond donors (Lipinski definition) is 1. The van der Waals surface area contributed by atoms with Crippen LogP contribution in [0.4, 0.5) is 23.2 Å². The maximum atomic E-state index is 13.2. The van der Waals surface area contributed by atoms with Gasteiger partial charge in [-0.1, -0.05) is 155 Å². The Morgan fingerprint density at radius 3 is 1.23 bits per heavy atom. The van der Waals surface area contributed by atoms with Gasteiger partial charge in [0.1, 0.15) is 5.82 Å². The first-order valence-corrected chi connectivity index (χ1v) is 28.7. The molecule has 3 fully saturated rings. The predicted octanol–water partition coefficient (Wildman–Crippen LogP) is 16.7. The van der Waals surface area contributed by atoms with Gasteiger partial charge in [0.15, 0.2) is 0 Å². The lowest BCUT2D eigenvalue weighted by Gasteiger charge is -2.42. The molecule has 3 aliphatic heterocycles. The Kier molecular flexibility index (Phi) is 23.1. The first-order chi connectivity index (χ1) is 36.0. The molecule has 0 aliphatic carbocycles. The molecule has 4 aromatic carbocycles. The van der Waals surface area contributed by atoms with Crippen molar-refractivity contribution in [3.8, 4) is 0 Å². The summed E-state index contributed by atoms with van der Waals surface area (Å²) in [6.07, 6.45) is 11.3. The van der Waals surface area contributed by atoms with Crippen LogP contribution in [0.15, 0.2) is 138 Å². The molecular weight excluding hydrogens is 965 g/mol. The third-order valence-electron chi connectivity index (χ3n) is 16.3. The van der Waals surface area contributed by atoms with E-state index in [9.17, 15) is 22.7 Å². The Morgan fingerprint density at radius 2 is 0.844 bits per heavy atom. The zero-order valence-electron chi connectivity index (χ0n) is 49.8. The minimum Gasteiger partial charge on any atom is -0.390 e. The van der Waals surface area contributed by atoms with Crippen molar-refractivity contribution < 1.29 is 22.7 Å². The second-order valence-corrected chi connectivity index (χ2v) is 25.6. The molecule has 3 atom stereocenters. The Balaban J connectivity index is 0.000000214. The number of likely N-dealkylation sites (tertiary alicyclic amines) is 2. The highest BCUT2D eigenvalue weighted by atomic mass is 19.4. The average Bonchev–Trinajstić information content (AvgIpc) is 3.36. The number of piperazine rings is 1.